The highest BCUT2D eigenvalue weighted by molar-refractivity contribution is 5.93. The molecule has 2 fully saturated rings. The Morgan fingerprint density at radius 2 is 1.91 bits per heavy atom. The lowest BCUT2D eigenvalue weighted by molar-refractivity contribution is -0.0140. The van der Waals surface area contributed by atoms with Crippen LogP contribution in [0.15, 0.2) is 48.6 Å². The van der Waals surface area contributed by atoms with Crippen LogP contribution in [0.1, 0.15) is 69.2 Å². The van der Waals surface area contributed by atoms with E-state index in [0.29, 0.717) is 17.4 Å². The summed E-state index contributed by atoms with van der Waals surface area (Å²) in [7, 11) is 0. The summed E-state index contributed by atoms with van der Waals surface area (Å²) in [5.74, 6) is 2.06. The lowest BCUT2D eigenvalue weighted by atomic mass is 9.47. The molecule has 33 heavy (non-hydrogen) atoms. The third-order valence-electron chi connectivity index (χ3n) is 9.49. The molecule has 1 amide bonds. The molecular formula is C26H32N6O. The number of rotatable bonds is 3. The first-order valence-electron chi connectivity index (χ1n) is 12.3. The Labute approximate surface area is 194 Å². The van der Waals surface area contributed by atoms with Crippen LogP contribution >= 0.6 is 0 Å². The molecule has 4 aliphatic carbocycles. The van der Waals surface area contributed by atoms with Gasteiger partial charge in [0, 0.05) is 17.2 Å². The highest BCUT2D eigenvalue weighted by Crippen LogP contribution is 2.65. The summed E-state index contributed by atoms with van der Waals surface area (Å²) < 4.78 is 2.00. The number of nitrogens with zero attached hydrogens (tertiary/aromatic N) is 5. The molecule has 0 saturated heterocycles. The number of hydrogen-bond donors (Lipinski definition) is 1. The summed E-state index contributed by atoms with van der Waals surface area (Å²) in [5, 5.41) is 19.2. The molecule has 0 spiro atoms. The highest BCUT2D eigenvalue weighted by atomic mass is 16.1. The van der Waals surface area contributed by atoms with E-state index < -0.39 is 0 Å². The maximum atomic E-state index is 12.7. The van der Waals surface area contributed by atoms with Crippen molar-refractivity contribution in [2.24, 2.45) is 28.6 Å². The average Bonchev–Trinajstić information content (AvgIpc) is 3.47. The van der Waals surface area contributed by atoms with Gasteiger partial charge in [0.1, 0.15) is 0 Å². The Hall–Kier alpha value is -2.83. The third-order valence-corrected chi connectivity index (χ3v) is 9.49. The second-order valence-electron chi connectivity index (χ2n) is 10.9. The number of amides is 1. The average molecular weight is 445 g/mol. The maximum absolute atomic E-state index is 12.7. The fraction of sp³-hybridized carbons (Fsp3) is 0.577. The van der Waals surface area contributed by atoms with Crippen molar-refractivity contribution in [2.75, 3.05) is 0 Å². The zero-order chi connectivity index (χ0) is 22.6. The van der Waals surface area contributed by atoms with Gasteiger partial charge in [0.25, 0.3) is 5.91 Å². The number of fused-ring (bicyclic) bond motifs is 5. The van der Waals surface area contributed by atoms with Gasteiger partial charge in [-0.25, -0.2) is 4.68 Å². The van der Waals surface area contributed by atoms with E-state index in [1.165, 1.54) is 24.7 Å². The summed E-state index contributed by atoms with van der Waals surface area (Å²) in [6.07, 6.45) is 19.7. The van der Waals surface area contributed by atoms with Gasteiger partial charge in [0.15, 0.2) is 0 Å². The molecule has 6 rings (SSSR count). The Morgan fingerprint density at radius 1 is 1.03 bits per heavy atom. The predicted octanol–water partition coefficient (Wildman–Crippen LogP) is 4.28. The van der Waals surface area contributed by atoms with Crippen molar-refractivity contribution in [2.45, 2.75) is 64.8 Å². The molecule has 6 atom stereocenters. The van der Waals surface area contributed by atoms with E-state index in [-0.39, 0.29) is 22.8 Å². The molecule has 0 bridgehead atoms. The van der Waals surface area contributed by atoms with Gasteiger partial charge in [-0.1, -0.05) is 36.8 Å². The second kappa shape index (κ2) is 7.61. The molecule has 0 aromatic carbocycles. The molecule has 7 nitrogen and oxygen atoms in total. The van der Waals surface area contributed by atoms with Crippen molar-refractivity contribution in [3.63, 3.8) is 0 Å². The Kier molecular flexibility index (Phi) is 4.78. The van der Waals surface area contributed by atoms with E-state index >= 15 is 0 Å². The first kappa shape index (κ1) is 20.8. The molecule has 2 saturated carbocycles. The minimum atomic E-state index is -0.0427. The van der Waals surface area contributed by atoms with Gasteiger partial charge in [-0.2, -0.15) is 10.2 Å². The van der Waals surface area contributed by atoms with Crippen LogP contribution in [0.2, 0.25) is 0 Å². The lowest BCUT2D eigenvalue weighted by Crippen LogP contribution is -2.51. The van der Waals surface area contributed by atoms with E-state index in [0.717, 1.165) is 38.0 Å². The topological polar surface area (TPSA) is 85.6 Å². The van der Waals surface area contributed by atoms with Crippen LogP contribution < -0.4 is 5.32 Å². The fourth-order valence-electron chi connectivity index (χ4n) is 7.71. The minimum absolute atomic E-state index is 0.0427. The van der Waals surface area contributed by atoms with Crippen molar-refractivity contribution in [1.82, 2.24) is 30.5 Å². The standard InChI is InChI=1S/C26H32N6O/c1-25-10-7-19(30-24(33)17-9-12-27-29-16-17)15-18(25)3-4-20-21-5-6-23(32-14-13-28-31-32)26(21,2)11-8-22(20)25/h3,6,9,12-14,16,19-22H,4-5,7-8,10-11,15H2,1-2H3,(H,30,33)/t19-,20-,21-,22-,25-,26-/m0/s1. The van der Waals surface area contributed by atoms with Gasteiger partial charge in [0.2, 0.25) is 0 Å². The van der Waals surface area contributed by atoms with Crippen molar-refractivity contribution in [3.8, 4) is 0 Å². The molecule has 0 unspecified atom stereocenters. The molecule has 7 heteroatoms. The molecule has 172 valence electrons. The Balaban J connectivity index is 1.20. The summed E-state index contributed by atoms with van der Waals surface area (Å²) in [6, 6.07) is 1.92. The van der Waals surface area contributed by atoms with E-state index in [2.05, 4.69) is 51.8 Å². The van der Waals surface area contributed by atoms with Crippen molar-refractivity contribution in [1.29, 1.82) is 0 Å². The largest absolute Gasteiger partial charge is 0.349 e. The number of allylic oxidation sites excluding steroid dienone is 3. The summed E-state index contributed by atoms with van der Waals surface area (Å²) in [6.45, 7) is 4.96. The third kappa shape index (κ3) is 3.19. The smallest absolute Gasteiger partial charge is 0.253 e. The predicted molar refractivity (Wildman–Crippen MR) is 125 cm³/mol. The monoisotopic (exact) mass is 444 g/mol. The highest BCUT2D eigenvalue weighted by Gasteiger charge is 2.57. The van der Waals surface area contributed by atoms with Crippen LogP contribution in [0.3, 0.4) is 0 Å². The first-order chi connectivity index (χ1) is 16.0. The maximum Gasteiger partial charge on any atom is 0.253 e. The van der Waals surface area contributed by atoms with Gasteiger partial charge >= 0.3 is 0 Å². The zero-order valence-electron chi connectivity index (χ0n) is 19.4. The first-order valence-corrected chi connectivity index (χ1v) is 12.3. The van der Waals surface area contributed by atoms with Crippen LogP contribution in [0.5, 0.6) is 0 Å². The molecule has 2 heterocycles. The molecule has 2 aromatic rings. The van der Waals surface area contributed by atoms with Gasteiger partial charge in [-0.15, -0.1) is 5.10 Å². The summed E-state index contributed by atoms with van der Waals surface area (Å²) in [4.78, 5) is 12.7. The van der Waals surface area contributed by atoms with E-state index in [1.54, 1.807) is 24.0 Å². The normalized spacial score (nSPS) is 37.3. The number of hydrogen-bond acceptors (Lipinski definition) is 5. The van der Waals surface area contributed by atoms with E-state index in [1.807, 2.05) is 10.9 Å². The number of carbonyl (C=O) groups excluding carboxylic acids is 1. The molecular weight excluding hydrogens is 412 g/mol. The van der Waals surface area contributed by atoms with Gasteiger partial charge in [0.05, 0.1) is 30.4 Å². The lowest BCUT2D eigenvalue weighted by Gasteiger charge is -2.57. The molecule has 4 aliphatic rings. The van der Waals surface area contributed by atoms with Crippen LogP contribution in [-0.2, 0) is 0 Å². The SMILES string of the molecule is C[C@]12CC[C@H](NC(=O)c3ccnnc3)CC1=CC[C@@H]1[C@@H]2CC[C@]2(C)C(n3ccnn3)=CC[C@@H]12. The van der Waals surface area contributed by atoms with Crippen LogP contribution in [0.25, 0.3) is 5.70 Å². The molecule has 0 aliphatic heterocycles. The zero-order valence-corrected chi connectivity index (χ0v) is 19.4. The van der Waals surface area contributed by atoms with E-state index in [4.69, 9.17) is 0 Å². The fourth-order valence-corrected chi connectivity index (χ4v) is 7.71. The van der Waals surface area contributed by atoms with Crippen molar-refractivity contribution < 1.29 is 4.79 Å². The van der Waals surface area contributed by atoms with Gasteiger partial charge in [-0.3, -0.25) is 4.79 Å². The number of nitrogens with one attached hydrogen (secondary N) is 1. The van der Waals surface area contributed by atoms with Crippen LogP contribution in [0, 0.1) is 28.6 Å². The van der Waals surface area contributed by atoms with Gasteiger partial charge < -0.3 is 5.32 Å². The molecule has 0 radical (unpaired) electrons. The second-order valence-corrected chi connectivity index (χ2v) is 10.9. The Morgan fingerprint density at radius 3 is 2.70 bits per heavy atom. The Bertz CT molecular complexity index is 1110. The summed E-state index contributed by atoms with van der Waals surface area (Å²) in [5.41, 5.74) is 3.93. The molecule has 1 N–H and O–H groups in total. The summed E-state index contributed by atoms with van der Waals surface area (Å²) >= 11 is 0. The number of aromatic nitrogens is 5. The van der Waals surface area contributed by atoms with Crippen LogP contribution in [0.4, 0.5) is 0 Å². The van der Waals surface area contributed by atoms with Gasteiger partial charge in [-0.05, 0) is 74.2 Å². The minimum Gasteiger partial charge on any atom is -0.349 e. The van der Waals surface area contributed by atoms with Crippen molar-refractivity contribution >= 4 is 11.6 Å². The quantitative estimate of drug-likeness (QED) is 0.714. The van der Waals surface area contributed by atoms with E-state index in [9.17, 15) is 4.79 Å². The van der Waals surface area contributed by atoms with Crippen molar-refractivity contribution in [3.05, 3.63) is 54.1 Å². The molecule has 2 aromatic heterocycles. The van der Waals surface area contributed by atoms with Crippen LogP contribution in [-0.4, -0.2) is 37.1 Å². The number of carbonyl (C=O) groups is 1.